The smallest absolute Gasteiger partial charge is 0.220 e. The molecule has 7 heteroatoms. The van der Waals surface area contributed by atoms with Crippen LogP contribution in [0.15, 0.2) is 72.2 Å². The molecule has 0 radical (unpaired) electrons. The van der Waals surface area contributed by atoms with Gasteiger partial charge in [0.25, 0.3) is 0 Å². The summed E-state index contributed by atoms with van der Waals surface area (Å²) in [6, 6.07) is 9.87. The first-order valence-electron chi connectivity index (χ1n) is 16.3. The SMILES string of the molecule is C[C@@H]1CC[C@@]2(OC1)O[C@H]1C[C@H]3[C@@H]4C=CC5=CC(=O)C(OCc6cn(-c7ccccc7)nn6)=C[C@]5(C)[C@H]4CC[C@]3(C)[C@H]1[C@@H]2C. The van der Waals surface area contributed by atoms with E-state index in [1.165, 1.54) is 12.8 Å². The number of rotatable bonds is 4. The highest BCUT2D eigenvalue weighted by Crippen LogP contribution is 2.69. The van der Waals surface area contributed by atoms with Gasteiger partial charge in [-0.05, 0) is 90.5 Å². The van der Waals surface area contributed by atoms with E-state index in [-0.39, 0.29) is 35.1 Å². The number of ether oxygens (including phenoxy) is 3. The first-order chi connectivity index (χ1) is 20.7. The van der Waals surface area contributed by atoms with Gasteiger partial charge in [-0.2, -0.15) is 0 Å². The van der Waals surface area contributed by atoms with Gasteiger partial charge in [0.2, 0.25) is 5.78 Å². The molecule has 10 atom stereocenters. The maximum absolute atomic E-state index is 13.2. The fraction of sp³-hybridized carbons (Fsp3) is 0.583. The molecule has 3 heterocycles. The molecule has 4 fully saturated rings. The normalized spacial score (nSPS) is 43.0. The second-order valence-electron chi connectivity index (χ2n) is 14.7. The van der Waals surface area contributed by atoms with Crippen LogP contribution in [0.1, 0.15) is 65.5 Å². The van der Waals surface area contributed by atoms with E-state index in [0.29, 0.717) is 47.0 Å². The van der Waals surface area contributed by atoms with E-state index < -0.39 is 0 Å². The van der Waals surface area contributed by atoms with Crippen molar-refractivity contribution in [2.45, 2.75) is 78.3 Å². The third-order valence-corrected chi connectivity index (χ3v) is 12.4. The molecule has 0 N–H and O–H groups in total. The lowest BCUT2D eigenvalue weighted by Crippen LogP contribution is -2.51. The zero-order chi connectivity index (χ0) is 29.6. The minimum Gasteiger partial charge on any atom is -0.483 e. The van der Waals surface area contributed by atoms with Crippen LogP contribution >= 0.6 is 0 Å². The van der Waals surface area contributed by atoms with E-state index in [9.17, 15) is 4.79 Å². The van der Waals surface area contributed by atoms with E-state index >= 15 is 0 Å². The van der Waals surface area contributed by atoms with Crippen molar-refractivity contribution in [2.24, 2.45) is 46.3 Å². The molecule has 43 heavy (non-hydrogen) atoms. The second kappa shape index (κ2) is 9.73. The number of allylic oxidation sites excluding steroid dienone is 5. The largest absolute Gasteiger partial charge is 0.483 e. The molecule has 0 bridgehead atoms. The van der Waals surface area contributed by atoms with Crippen LogP contribution in [0.3, 0.4) is 0 Å². The van der Waals surface area contributed by atoms with Crippen molar-refractivity contribution in [3.63, 3.8) is 0 Å². The molecule has 2 aromatic rings. The quantitative estimate of drug-likeness (QED) is 0.405. The maximum Gasteiger partial charge on any atom is 0.220 e. The number of aromatic nitrogens is 3. The molecular weight excluding hydrogens is 538 g/mol. The van der Waals surface area contributed by atoms with Gasteiger partial charge in [-0.25, -0.2) is 4.68 Å². The van der Waals surface area contributed by atoms with Crippen LogP contribution in [0, 0.1) is 46.3 Å². The number of carbonyl (C=O) groups excluding carboxylic acids is 1. The second-order valence-corrected chi connectivity index (χ2v) is 14.7. The lowest BCUT2D eigenvalue weighted by atomic mass is 9.49. The van der Waals surface area contributed by atoms with E-state index in [1.807, 2.05) is 36.5 Å². The number of benzene rings is 1. The molecule has 1 spiro atoms. The average Bonchev–Trinajstić information content (AvgIpc) is 3.67. The fourth-order valence-electron chi connectivity index (χ4n) is 10.1. The summed E-state index contributed by atoms with van der Waals surface area (Å²) in [5.41, 5.74) is 2.70. The van der Waals surface area contributed by atoms with Crippen LogP contribution in [-0.4, -0.2) is 39.3 Å². The Balaban J connectivity index is 1.02. The highest BCUT2D eigenvalue weighted by atomic mass is 16.7. The van der Waals surface area contributed by atoms with E-state index in [4.69, 9.17) is 14.2 Å². The van der Waals surface area contributed by atoms with Crippen molar-refractivity contribution >= 4 is 5.78 Å². The molecule has 1 aromatic heterocycles. The van der Waals surface area contributed by atoms with Gasteiger partial charge in [-0.3, -0.25) is 4.79 Å². The number of para-hydroxylation sites is 1. The molecule has 6 aliphatic rings. The standard InChI is InChI=1S/C36H43N3O4/c1-22-12-15-36(42-20-22)23(2)33-31(43-36)17-29-27-11-10-24-16-30(40)32(18-35(24,4)28(27)13-14-34(29,33)3)41-21-25-19-39(38-37-25)26-8-6-5-7-9-26/h5-11,16,18-19,22-23,27-29,31,33H,12-15,17,20-21H2,1-4H3/t22-,23+,27-,28+,29+,31+,33+,34+,35+,36-/m1/s1. The van der Waals surface area contributed by atoms with Crippen molar-refractivity contribution < 1.29 is 19.0 Å². The zero-order valence-corrected chi connectivity index (χ0v) is 25.7. The van der Waals surface area contributed by atoms with Gasteiger partial charge in [0, 0.05) is 17.8 Å². The van der Waals surface area contributed by atoms with Gasteiger partial charge in [-0.1, -0.05) is 63.3 Å². The van der Waals surface area contributed by atoms with Crippen molar-refractivity contribution in [3.05, 3.63) is 77.9 Å². The predicted molar refractivity (Wildman–Crippen MR) is 162 cm³/mol. The van der Waals surface area contributed by atoms with Crippen LogP contribution in [0.4, 0.5) is 0 Å². The highest BCUT2D eigenvalue weighted by Gasteiger charge is 2.68. The summed E-state index contributed by atoms with van der Waals surface area (Å²) in [7, 11) is 0. The molecule has 7 nitrogen and oxygen atoms in total. The van der Waals surface area contributed by atoms with Crippen molar-refractivity contribution in [1.82, 2.24) is 15.0 Å². The third kappa shape index (κ3) is 4.10. The van der Waals surface area contributed by atoms with Gasteiger partial charge in [0.05, 0.1) is 24.6 Å². The first-order valence-corrected chi connectivity index (χ1v) is 16.3. The van der Waals surface area contributed by atoms with E-state index in [1.54, 1.807) is 10.8 Å². The molecule has 2 saturated heterocycles. The number of hydrogen-bond donors (Lipinski definition) is 0. The molecule has 226 valence electrons. The zero-order valence-electron chi connectivity index (χ0n) is 25.7. The van der Waals surface area contributed by atoms with Crippen LogP contribution in [0.5, 0.6) is 0 Å². The lowest BCUT2D eigenvalue weighted by molar-refractivity contribution is -0.272. The molecule has 4 aliphatic carbocycles. The van der Waals surface area contributed by atoms with E-state index in [2.05, 4.69) is 56.2 Å². The first kappa shape index (κ1) is 27.5. The Morgan fingerprint density at radius 2 is 1.93 bits per heavy atom. The lowest BCUT2D eigenvalue weighted by Gasteiger charge is -2.55. The summed E-state index contributed by atoms with van der Waals surface area (Å²) in [5.74, 6) is 2.93. The van der Waals surface area contributed by atoms with Crippen LogP contribution < -0.4 is 0 Å². The topological polar surface area (TPSA) is 75.5 Å². The summed E-state index contributed by atoms with van der Waals surface area (Å²) in [6.07, 6.45) is 16.3. The highest BCUT2D eigenvalue weighted by molar-refractivity contribution is 6.04. The van der Waals surface area contributed by atoms with Gasteiger partial charge in [0.15, 0.2) is 11.5 Å². The Morgan fingerprint density at radius 3 is 2.72 bits per heavy atom. The van der Waals surface area contributed by atoms with Crippen LogP contribution in [-0.2, 0) is 25.6 Å². The Kier molecular flexibility index (Phi) is 6.23. The fourth-order valence-corrected chi connectivity index (χ4v) is 10.1. The minimum atomic E-state index is -0.387. The Bertz CT molecular complexity index is 1520. The molecule has 0 unspecified atom stereocenters. The summed E-state index contributed by atoms with van der Waals surface area (Å²) in [5, 5.41) is 8.52. The molecule has 0 amide bonds. The number of nitrogens with zero attached hydrogens (tertiary/aromatic N) is 3. The third-order valence-electron chi connectivity index (χ3n) is 12.4. The number of fused-ring (bicyclic) bond motifs is 7. The Hall–Kier alpha value is -3.03. The molecule has 2 saturated carbocycles. The number of ketones is 1. The van der Waals surface area contributed by atoms with Crippen molar-refractivity contribution in [3.8, 4) is 5.69 Å². The summed E-state index contributed by atoms with van der Waals surface area (Å²) < 4.78 is 21.3. The monoisotopic (exact) mass is 581 g/mol. The number of hydrogen-bond acceptors (Lipinski definition) is 6. The summed E-state index contributed by atoms with van der Waals surface area (Å²) in [4.78, 5) is 13.2. The van der Waals surface area contributed by atoms with E-state index in [0.717, 1.165) is 37.1 Å². The van der Waals surface area contributed by atoms with Crippen LogP contribution in [0.25, 0.3) is 5.69 Å². The molecule has 2 aliphatic heterocycles. The molecule has 8 rings (SSSR count). The molecule has 1 aromatic carbocycles. The van der Waals surface area contributed by atoms with Crippen LogP contribution in [0.2, 0.25) is 0 Å². The minimum absolute atomic E-state index is 0.0728. The van der Waals surface area contributed by atoms with Gasteiger partial charge >= 0.3 is 0 Å². The maximum atomic E-state index is 13.2. The van der Waals surface area contributed by atoms with Gasteiger partial charge in [-0.15, -0.1) is 5.10 Å². The molecular formula is C36H43N3O4. The van der Waals surface area contributed by atoms with Gasteiger partial charge in [0.1, 0.15) is 12.3 Å². The average molecular weight is 582 g/mol. The Morgan fingerprint density at radius 1 is 1.09 bits per heavy atom. The summed E-state index contributed by atoms with van der Waals surface area (Å²) >= 11 is 0. The van der Waals surface area contributed by atoms with Crippen molar-refractivity contribution in [2.75, 3.05) is 6.61 Å². The van der Waals surface area contributed by atoms with Gasteiger partial charge < -0.3 is 14.2 Å². The number of carbonyl (C=O) groups is 1. The predicted octanol–water partition coefficient (Wildman–Crippen LogP) is 6.60. The Labute approximate surface area is 254 Å². The van der Waals surface area contributed by atoms with Crippen molar-refractivity contribution in [1.29, 1.82) is 0 Å². The summed E-state index contributed by atoms with van der Waals surface area (Å²) in [6.45, 7) is 10.6.